The second-order valence-corrected chi connectivity index (χ2v) is 6.25. The van der Waals surface area contributed by atoms with Crippen molar-refractivity contribution in [2.75, 3.05) is 33.4 Å². The van der Waals surface area contributed by atoms with E-state index in [4.69, 9.17) is 4.74 Å². The van der Waals surface area contributed by atoms with Gasteiger partial charge in [-0.05, 0) is 26.2 Å². The zero-order chi connectivity index (χ0) is 14.6. The first-order chi connectivity index (χ1) is 9.57. The Labute approximate surface area is 121 Å². The van der Waals surface area contributed by atoms with Gasteiger partial charge in [0.05, 0.1) is 18.2 Å². The maximum Gasteiger partial charge on any atom is 0.237 e. The minimum Gasteiger partial charge on any atom is -0.390 e. The molecule has 0 aromatic heterocycles. The van der Waals surface area contributed by atoms with E-state index >= 15 is 0 Å². The van der Waals surface area contributed by atoms with Gasteiger partial charge in [-0.1, -0.05) is 12.8 Å². The summed E-state index contributed by atoms with van der Waals surface area (Å²) >= 11 is 0. The number of hydrogen-bond acceptors (Lipinski definition) is 4. The van der Waals surface area contributed by atoms with Crippen LogP contribution in [0.2, 0.25) is 0 Å². The number of ether oxygens (including phenoxy) is 1. The second kappa shape index (κ2) is 6.87. The molecule has 1 aliphatic heterocycles. The van der Waals surface area contributed by atoms with E-state index in [1.807, 2.05) is 6.92 Å². The molecule has 20 heavy (non-hydrogen) atoms. The highest BCUT2D eigenvalue weighted by molar-refractivity contribution is 5.81. The number of amides is 1. The van der Waals surface area contributed by atoms with Gasteiger partial charge < -0.3 is 15.2 Å². The maximum atomic E-state index is 12.1. The Morgan fingerprint density at radius 1 is 1.50 bits per heavy atom. The number of nitrogens with zero attached hydrogens (tertiary/aromatic N) is 1. The van der Waals surface area contributed by atoms with E-state index in [-0.39, 0.29) is 11.9 Å². The largest absolute Gasteiger partial charge is 0.390 e. The van der Waals surface area contributed by atoms with Crippen LogP contribution in [0.4, 0.5) is 0 Å². The molecule has 3 atom stereocenters. The number of carbonyl (C=O) groups is 1. The maximum absolute atomic E-state index is 12.1. The predicted octanol–water partition coefficient (Wildman–Crippen LogP) is 0.764. The van der Waals surface area contributed by atoms with E-state index in [9.17, 15) is 9.90 Å². The number of aliphatic hydroxyl groups is 1. The Hall–Kier alpha value is -0.650. The molecule has 5 heteroatoms. The van der Waals surface area contributed by atoms with Gasteiger partial charge in [-0.25, -0.2) is 0 Å². The molecule has 2 rings (SSSR count). The SMILES string of the molecule is COCCNC(=O)C(C)N1CCC2(O)CCCCC2C1. The standard InChI is InChI=1S/C15H28N2O3/c1-12(14(18)16-8-10-20-2)17-9-7-15(19)6-4-3-5-13(15)11-17/h12-13,19H,3-11H2,1-2H3,(H,16,18). The fraction of sp³-hybridized carbons (Fsp3) is 0.933. The molecular weight excluding hydrogens is 256 g/mol. The number of carbonyl (C=O) groups excluding carboxylic acids is 1. The molecule has 1 amide bonds. The van der Waals surface area contributed by atoms with Crippen LogP contribution < -0.4 is 5.32 Å². The summed E-state index contributed by atoms with van der Waals surface area (Å²) in [5, 5.41) is 13.6. The van der Waals surface area contributed by atoms with Crippen LogP contribution >= 0.6 is 0 Å². The summed E-state index contributed by atoms with van der Waals surface area (Å²) in [5.41, 5.74) is -0.471. The Bertz CT molecular complexity index is 337. The average Bonchev–Trinajstić information content (AvgIpc) is 2.45. The van der Waals surface area contributed by atoms with Crippen molar-refractivity contribution in [1.82, 2.24) is 10.2 Å². The first-order valence-electron chi connectivity index (χ1n) is 7.80. The molecule has 3 unspecified atom stereocenters. The van der Waals surface area contributed by atoms with Crippen LogP contribution in [0.5, 0.6) is 0 Å². The van der Waals surface area contributed by atoms with Crippen LogP contribution in [0.3, 0.4) is 0 Å². The van der Waals surface area contributed by atoms with Gasteiger partial charge in [0, 0.05) is 32.7 Å². The lowest BCUT2D eigenvalue weighted by atomic mass is 9.71. The van der Waals surface area contributed by atoms with Crippen LogP contribution in [0.15, 0.2) is 0 Å². The third kappa shape index (κ3) is 3.51. The lowest BCUT2D eigenvalue weighted by Gasteiger charge is -2.48. The third-order valence-electron chi connectivity index (χ3n) is 4.99. The molecule has 0 aromatic rings. The van der Waals surface area contributed by atoms with E-state index in [2.05, 4.69) is 10.2 Å². The van der Waals surface area contributed by atoms with Crippen molar-refractivity contribution >= 4 is 5.91 Å². The summed E-state index contributed by atoms with van der Waals surface area (Å²) in [6.07, 6.45) is 5.16. The minimum absolute atomic E-state index is 0.0586. The van der Waals surface area contributed by atoms with Crippen LogP contribution in [0, 0.1) is 5.92 Å². The monoisotopic (exact) mass is 284 g/mol. The normalized spacial score (nSPS) is 32.5. The molecule has 1 saturated heterocycles. The van der Waals surface area contributed by atoms with Gasteiger partial charge in [-0.2, -0.15) is 0 Å². The number of nitrogens with one attached hydrogen (secondary N) is 1. The van der Waals surface area contributed by atoms with Crippen molar-refractivity contribution < 1.29 is 14.6 Å². The molecule has 0 bridgehead atoms. The fourth-order valence-electron chi connectivity index (χ4n) is 3.54. The molecule has 0 aromatic carbocycles. The van der Waals surface area contributed by atoms with Crippen LogP contribution in [0.25, 0.3) is 0 Å². The van der Waals surface area contributed by atoms with Gasteiger partial charge in [-0.3, -0.25) is 9.69 Å². The average molecular weight is 284 g/mol. The fourth-order valence-corrected chi connectivity index (χ4v) is 3.54. The van der Waals surface area contributed by atoms with E-state index in [0.29, 0.717) is 19.1 Å². The van der Waals surface area contributed by atoms with E-state index in [0.717, 1.165) is 38.8 Å². The van der Waals surface area contributed by atoms with E-state index in [1.54, 1.807) is 7.11 Å². The number of piperidine rings is 1. The van der Waals surface area contributed by atoms with Gasteiger partial charge in [-0.15, -0.1) is 0 Å². The molecule has 1 heterocycles. The highest BCUT2D eigenvalue weighted by atomic mass is 16.5. The zero-order valence-electron chi connectivity index (χ0n) is 12.7. The van der Waals surface area contributed by atoms with Gasteiger partial charge in [0.1, 0.15) is 0 Å². The lowest BCUT2D eigenvalue weighted by Crippen LogP contribution is -2.57. The number of rotatable bonds is 5. The molecular formula is C15H28N2O3. The number of fused-ring (bicyclic) bond motifs is 1. The summed E-state index contributed by atoms with van der Waals surface area (Å²) in [5.74, 6) is 0.391. The van der Waals surface area contributed by atoms with Crippen LogP contribution in [-0.2, 0) is 9.53 Å². The first-order valence-corrected chi connectivity index (χ1v) is 7.80. The van der Waals surface area contributed by atoms with Crippen LogP contribution in [0.1, 0.15) is 39.0 Å². The molecule has 1 aliphatic carbocycles. The van der Waals surface area contributed by atoms with Crippen molar-refractivity contribution in [1.29, 1.82) is 0 Å². The Balaban J connectivity index is 1.85. The topological polar surface area (TPSA) is 61.8 Å². The Morgan fingerprint density at radius 2 is 2.30 bits per heavy atom. The molecule has 0 spiro atoms. The van der Waals surface area contributed by atoms with Crippen molar-refractivity contribution in [2.24, 2.45) is 5.92 Å². The van der Waals surface area contributed by atoms with Crippen LogP contribution in [-0.4, -0.2) is 60.9 Å². The summed E-state index contributed by atoms with van der Waals surface area (Å²) < 4.78 is 4.94. The predicted molar refractivity (Wildman–Crippen MR) is 77.4 cm³/mol. The highest BCUT2D eigenvalue weighted by Gasteiger charge is 2.44. The van der Waals surface area contributed by atoms with Gasteiger partial charge in [0.25, 0.3) is 0 Å². The third-order valence-corrected chi connectivity index (χ3v) is 4.99. The number of likely N-dealkylation sites (tertiary alicyclic amines) is 1. The molecule has 2 N–H and O–H groups in total. The summed E-state index contributed by atoms with van der Waals surface area (Å²) in [4.78, 5) is 14.3. The molecule has 116 valence electrons. The van der Waals surface area contributed by atoms with Crippen molar-refractivity contribution in [2.45, 2.75) is 50.7 Å². The number of hydrogen-bond donors (Lipinski definition) is 2. The minimum atomic E-state index is -0.471. The summed E-state index contributed by atoms with van der Waals surface area (Å²) in [6, 6.07) is -0.127. The Kier molecular flexibility index (Phi) is 5.41. The quantitative estimate of drug-likeness (QED) is 0.732. The zero-order valence-corrected chi connectivity index (χ0v) is 12.7. The van der Waals surface area contributed by atoms with E-state index < -0.39 is 5.60 Å². The van der Waals surface area contributed by atoms with Crippen molar-refractivity contribution in [3.8, 4) is 0 Å². The van der Waals surface area contributed by atoms with Crippen molar-refractivity contribution in [3.05, 3.63) is 0 Å². The number of methoxy groups -OCH3 is 1. The van der Waals surface area contributed by atoms with Gasteiger partial charge >= 0.3 is 0 Å². The van der Waals surface area contributed by atoms with Gasteiger partial charge in [0.2, 0.25) is 5.91 Å². The van der Waals surface area contributed by atoms with Gasteiger partial charge in [0.15, 0.2) is 0 Å². The second-order valence-electron chi connectivity index (χ2n) is 6.25. The summed E-state index contributed by atoms with van der Waals surface area (Å²) in [7, 11) is 1.63. The first kappa shape index (κ1) is 15.7. The Morgan fingerprint density at radius 3 is 3.05 bits per heavy atom. The molecule has 5 nitrogen and oxygen atoms in total. The molecule has 0 radical (unpaired) electrons. The highest BCUT2D eigenvalue weighted by Crippen LogP contribution is 2.40. The molecule has 2 aliphatic rings. The molecule has 2 fully saturated rings. The smallest absolute Gasteiger partial charge is 0.237 e. The lowest BCUT2D eigenvalue weighted by molar-refractivity contribution is -0.133. The molecule has 1 saturated carbocycles. The van der Waals surface area contributed by atoms with E-state index in [1.165, 1.54) is 6.42 Å². The summed E-state index contributed by atoms with van der Waals surface area (Å²) in [6.45, 7) is 4.71. The van der Waals surface area contributed by atoms with Crippen molar-refractivity contribution in [3.63, 3.8) is 0 Å².